The van der Waals surface area contributed by atoms with Crippen molar-refractivity contribution in [3.05, 3.63) is 71.5 Å². The Morgan fingerprint density at radius 1 is 1.21 bits per heavy atom. The van der Waals surface area contributed by atoms with E-state index in [4.69, 9.17) is 5.73 Å². The molecule has 1 heterocycles. The van der Waals surface area contributed by atoms with Gasteiger partial charge in [-0.15, -0.1) is 0 Å². The molecular weight excluding hydrogens is 303 g/mol. The van der Waals surface area contributed by atoms with Crippen LogP contribution in [0, 0.1) is 11.7 Å². The molecule has 0 aliphatic carbocycles. The van der Waals surface area contributed by atoms with E-state index in [0.717, 1.165) is 12.0 Å². The number of hydrogen-bond donors (Lipinski definition) is 1. The molecule has 2 N–H and O–H groups in total. The van der Waals surface area contributed by atoms with Crippen molar-refractivity contribution in [3.8, 4) is 0 Å². The zero-order chi connectivity index (χ0) is 17.1. The van der Waals surface area contributed by atoms with Crippen molar-refractivity contribution in [2.24, 2.45) is 11.7 Å². The normalized spacial score (nSPS) is 21.7. The molecule has 0 spiro atoms. The Hall–Kier alpha value is -2.20. The summed E-state index contributed by atoms with van der Waals surface area (Å²) >= 11 is 0. The van der Waals surface area contributed by atoms with Gasteiger partial charge in [0.25, 0.3) is 0 Å². The first-order valence-corrected chi connectivity index (χ1v) is 8.40. The summed E-state index contributed by atoms with van der Waals surface area (Å²) in [6.07, 6.45) is 1.02. The number of benzene rings is 2. The van der Waals surface area contributed by atoms with Crippen LogP contribution in [0.4, 0.5) is 4.39 Å². The molecule has 24 heavy (non-hydrogen) atoms. The van der Waals surface area contributed by atoms with E-state index in [-0.39, 0.29) is 30.2 Å². The number of amides is 1. The van der Waals surface area contributed by atoms with Crippen LogP contribution in [0.2, 0.25) is 0 Å². The van der Waals surface area contributed by atoms with Gasteiger partial charge in [0.05, 0.1) is 6.04 Å². The fourth-order valence-electron chi connectivity index (χ4n) is 3.49. The fourth-order valence-corrected chi connectivity index (χ4v) is 3.49. The molecule has 1 amide bonds. The average Bonchev–Trinajstić information content (AvgIpc) is 2.98. The molecule has 1 fully saturated rings. The van der Waals surface area contributed by atoms with Gasteiger partial charge >= 0.3 is 0 Å². The van der Waals surface area contributed by atoms with Crippen molar-refractivity contribution in [2.75, 3.05) is 6.54 Å². The monoisotopic (exact) mass is 326 g/mol. The molecular formula is C20H23FN2O. The van der Waals surface area contributed by atoms with Gasteiger partial charge in [0.1, 0.15) is 5.82 Å². The zero-order valence-electron chi connectivity index (χ0n) is 13.9. The lowest BCUT2D eigenvalue weighted by atomic mass is 9.99. The van der Waals surface area contributed by atoms with Crippen LogP contribution in [0.5, 0.6) is 0 Å². The fraction of sp³-hybridized carbons (Fsp3) is 0.350. The van der Waals surface area contributed by atoms with Gasteiger partial charge in [0.2, 0.25) is 5.91 Å². The van der Waals surface area contributed by atoms with E-state index in [1.165, 1.54) is 6.07 Å². The second-order valence-corrected chi connectivity index (χ2v) is 6.65. The topological polar surface area (TPSA) is 46.3 Å². The van der Waals surface area contributed by atoms with Crippen LogP contribution in [0.15, 0.2) is 54.6 Å². The Morgan fingerprint density at radius 3 is 2.58 bits per heavy atom. The maximum atomic E-state index is 14.2. The Bertz CT molecular complexity index is 704. The second kappa shape index (κ2) is 7.14. The van der Waals surface area contributed by atoms with E-state index in [9.17, 15) is 9.18 Å². The van der Waals surface area contributed by atoms with Crippen LogP contribution in [-0.2, 0) is 4.79 Å². The number of carbonyl (C=O) groups is 1. The Labute approximate surface area is 142 Å². The minimum Gasteiger partial charge on any atom is -0.335 e. The van der Waals surface area contributed by atoms with Crippen LogP contribution in [0.1, 0.15) is 43.0 Å². The molecule has 3 unspecified atom stereocenters. The Balaban J connectivity index is 1.76. The van der Waals surface area contributed by atoms with Gasteiger partial charge in [0, 0.05) is 24.6 Å². The standard InChI is InChI=1S/C20H23FN2O/c1-14-11-19(16-9-5-6-10-17(16)21)23(13-14)20(24)12-18(22)15-7-3-2-4-8-15/h2-10,14,18-19H,11-13,22H2,1H3. The van der Waals surface area contributed by atoms with Gasteiger partial charge < -0.3 is 10.6 Å². The van der Waals surface area contributed by atoms with Gasteiger partial charge in [-0.2, -0.15) is 0 Å². The van der Waals surface area contributed by atoms with Crippen LogP contribution in [0.3, 0.4) is 0 Å². The minimum atomic E-state index is -0.337. The lowest BCUT2D eigenvalue weighted by Gasteiger charge is -2.26. The number of nitrogens with zero attached hydrogens (tertiary/aromatic N) is 1. The zero-order valence-corrected chi connectivity index (χ0v) is 13.9. The highest BCUT2D eigenvalue weighted by Crippen LogP contribution is 2.37. The summed E-state index contributed by atoms with van der Waals surface area (Å²) in [6.45, 7) is 2.75. The number of likely N-dealkylation sites (tertiary alicyclic amines) is 1. The molecule has 3 nitrogen and oxygen atoms in total. The largest absolute Gasteiger partial charge is 0.335 e. The van der Waals surface area contributed by atoms with Crippen molar-refractivity contribution in [1.29, 1.82) is 0 Å². The molecule has 126 valence electrons. The summed E-state index contributed by atoms with van der Waals surface area (Å²) in [7, 11) is 0. The lowest BCUT2D eigenvalue weighted by Crippen LogP contribution is -2.33. The smallest absolute Gasteiger partial charge is 0.225 e. The SMILES string of the molecule is CC1CC(c2ccccc2F)N(C(=O)CC(N)c2ccccc2)C1. The minimum absolute atomic E-state index is 0.0102. The van der Waals surface area contributed by atoms with Crippen molar-refractivity contribution in [1.82, 2.24) is 4.90 Å². The number of carbonyl (C=O) groups excluding carboxylic acids is 1. The van der Waals surface area contributed by atoms with Crippen LogP contribution in [0.25, 0.3) is 0 Å². The molecule has 0 saturated carbocycles. The second-order valence-electron chi connectivity index (χ2n) is 6.65. The van der Waals surface area contributed by atoms with E-state index in [1.54, 1.807) is 17.0 Å². The van der Waals surface area contributed by atoms with Gasteiger partial charge in [0.15, 0.2) is 0 Å². The molecule has 3 rings (SSSR count). The van der Waals surface area contributed by atoms with E-state index in [2.05, 4.69) is 6.92 Å². The van der Waals surface area contributed by atoms with E-state index in [0.29, 0.717) is 18.0 Å². The molecule has 1 aliphatic heterocycles. The average molecular weight is 326 g/mol. The molecule has 0 bridgehead atoms. The maximum absolute atomic E-state index is 14.2. The summed E-state index contributed by atoms with van der Waals surface area (Å²) < 4.78 is 14.2. The third kappa shape index (κ3) is 3.49. The molecule has 3 atom stereocenters. The Kier molecular flexibility index (Phi) is 4.95. The summed E-state index contributed by atoms with van der Waals surface area (Å²) in [6, 6.07) is 15.8. The van der Waals surface area contributed by atoms with Crippen LogP contribution in [-0.4, -0.2) is 17.4 Å². The van der Waals surface area contributed by atoms with Crippen LogP contribution >= 0.6 is 0 Å². The van der Waals surface area contributed by atoms with Crippen molar-refractivity contribution >= 4 is 5.91 Å². The van der Waals surface area contributed by atoms with Gasteiger partial charge in [-0.1, -0.05) is 55.5 Å². The molecule has 0 aromatic heterocycles. The molecule has 2 aromatic rings. The molecule has 4 heteroatoms. The number of halogens is 1. The van der Waals surface area contributed by atoms with Gasteiger partial charge in [-0.25, -0.2) is 4.39 Å². The third-order valence-electron chi connectivity index (χ3n) is 4.72. The van der Waals surface area contributed by atoms with Crippen molar-refractivity contribution in [2.45, 2.75) is 31.8 Å². The summed E-state index contributed by atoms with van der Waals surface area (Å²) in [5.41, 5.74) is 7.74. The third-order valence-corrected chi connectivity index (χ3v) is 4.72. The maximum Gasteiger partial charge on any atom is 0.225 e. The van der Waals surface area contributed by atoms with E-state index >= 15 is 0 Å². The highest BCUT2D eigenvalue weighted by atomic mass is 19.1. The highest BCUT2D eigenvalue weighted by molar-refractivity contribution is 5.78. The van der Waals surface area contributed by atoms with E-state index < -0.39 is 0 Å². The number of hydrogen-bond acceptors (Lipinski definition) is 2. The Morgan fingerprint density at radius 2 is 1.88 bits per heavy atom. The predicted octanol–water partition coefficient (Wildman–Crippen LogP) is 3.83. The van der Waals surface area contributed by atoms with Crippen LogP contribution < -0.4 is 5.73 Å². The first-order valence-electron chi connectivity index (χ1n) is 8.40. The van der Waals surface area contributed by atoms with Crippen molar-refractivity contribution < 1.29 is 9.18 Å². The molecule has 1 saturated heterocycles. The first kappa shape index (κ1) is 16.7. The summed E-state index contributed by atoms with van der Waals surface area (Å²) in [5, 5.41) is 0. The molecule has 1 aliphatic rings. The molecule has 2 aromatic carbocycles. The first-order chi connectivity index (χ1) is 11.6. The van der Waals surface area contributed by atoms with Gasteiger partial charge in [-0.3, -0.25) is 4.79 Å². The number of rotatable bonds is 4. The van der Waals surface area contributed by atoms with E-state index in [1.807, 2.05) is 36.4 Å². The summed E-state index contributed by atoms with van der Waals surface area (Å²) in [4.78, 5) is 14.6. The quantitative estimate of drug-likeness (QED) is 0.928. The lowest BCUT2D eigenvalue weighted by molar-refractivity contribution is -0.132. The van der Waals surface area contributed by atoms with Crippen molar-refractivity contribution in [3.63, 3.8) is 0 Å². The predicted molar refractivity (Wildman–Crippen MR) is 92.6 cm³/mol. The molecule has 0 radical (unpaired) electrons. The van der Waals surface area contributed by atoms with Gasteiger partial charge in [-0.05, 0) is 24.0 Å². The highest BCUT2D eigenvalue weighted by Gasteiger charge is 2.35. The summed E-state index contributed by atoms with van der Waals surface area (Å²) in [5.74, 6) is 0.0946. The number of nitrogens with two attached hydrogens (primary N) is 1.